The first-order valence-corrected chi connectivity index (χ1v) is 7.19. The molecule has 1 fully saturated rings. The number of ether oxygens (including phenoxy) is 1. The highest BCUT2D eigenvalue weighted by Gasteiger charge is 2.35. The fourth-order valence-electron chi connectivity index (χ4n) is 2.53. The molecule has 100 valence electrons. The summed E-state index contributed by atoms with van der Waals surface area (Å²) in [5.74, 6) is 0. The summed E-state index contributed by atoms with van der Waals surface area (Å²) >= 11 is 3.51. The van der Waals surface area contributed by atoms with E-state index in [0.717, 1.165) is 37.1 Å². The molecule has 2 rings (SSSR count). The number of hydrogen-bond acceptors (Lipinski definition) is 3. The highest BCUT2D eigenvalue weighted by atomic mass is 79.9. The first kappa shape index (κ1) is 14.0. The monoisotopic (exact) mass is 312 g/mol. The van der Waals surface area contributed by atoms with E-state index in [9.17, 15) is 0 Å². The number of benzene rings is 1. The van der Waals surface area contributed by atoms with Crippen molar-refractivity contribution in [3.63, 3.8) is 0 Å². The summed E-state index contributed by atoms with van der Waals surface area (Å²) in [7, 11) is 2.14. The lowest BCUT2D eigenvalue weighted by atomic mass is 9.90. The van der Waals surface area contributed by atoms with E-state index in [4.69, 9.17) is 10.5 Å². The molecule has 1 heterocycles. The van der Waals surface area contributed by atoms with Gasteiger partial charge in [-0.25, -0.2) is 0 Å². The van der Waals surface area contributed by atoms with Crippen molar-refractivity contribution in [3.8, 4) is 0 Å². The van der Waals surface area contributed by atoms with E-state index >= 15 is 0 Å². The fourth-order valence-corrected chi connectivity index (χ4v) is 2.98. The second kappa shape index (κ2) is 6.15. The van der Waals surface area contributed by atoms with Crippen molar-refractivity contribution in [2.24, 2.45) is 5.73 Å². The lowest BCUT2D eigenvalue weighted by Crippen LogP contribution is -2.56. The van der Waals surface area contributed by atoms with Crippen LogP contribution in [-0.2, 0) is 11.3 Å². The molecule has 1 aliphatic heterocycles. The molecule has 0 amide bonds. The molecule has 1 unspecified atom stereocenters. The predicted octanol–water partition coefficient (Wildman–Crippen LogP) is 2.39. The summed E-state index contributed by atoms with van der Waals surface area (Å²) in [6.45, 7) is 3.16. The van der Waals surface area contributed by atoms with Gasteiger partial charge in [-0.15, -0.1) is 0 Å². The topological polar surface area (TPSA) is 38.5 Å². The average molecular weight is 313 g/mol. The first-order chi connectivity index (χ1) is 8.66. The third kappa shape index (κ3) is 3.12. The Morgan fingerprint density at radius 1 is 1.50 bits per heavy atom. The fraction of sp³-hybridized carbons (Fsp3) is 0.571. The molecule has 3 nitrogen and oxygen atoms in total. The van der Waals surface area contributed by atoms with Gasteiger partial charge in [0.15, 0.2) is 0 Å². The molecule has 1 aromatic carbocycles. The van der Waals surface area contributed by atoms with E-state index in [1.54, 1.807) is 0 Å². The summed E-state index contributed by atoms with van der Waals surface area (Å²) in [4.78, 5) is 2.34. The number of nitrogens with two attached hydrogens (primary N) is 1. The Morgan fingerprint density at radius 2 is 2.33 bits per heavy atom. The molecule has 1 atom stereocenters. The number of likely N-dealkylation sites (N-methyl/N-ethyl adjacent to an activating group) is 1. The number of halogens is 1. The Labute approximate surface area is 117 Å². The van der Waals surface area contributed by atoms with Crippen LogP contribution in [0.3, 0.4) is 0 Å². The van der Waals surface area contributed by atoms with Crippen molar-refractivity contribution < 1.29 is 4.74 Å². The van der Waals surface area contributed by atoms with Crippen LogP contribution in [0.4, 0.5) is 0 Å². The van der Waals surface area contributed by atoms with Gasteiger partial charge in [0.05, 0.1) is 12.1 Å². The van der Waals surface area contributed by atoms with Gasteiger partial charge >= 0.3 is 0 Å². The van der Waals surface area contributed by atoms with Gasteiger partial charge in [0, 0.05) is 24.2 Å². The van der Waals surface area contributed by atoms with E-state index < -0.39 is 0 Å². The molecule has 2 N–H and O–H groups in total. The second-order valence-corrected chi connectivity index (χ2v) is 5.99. The Morgan fingerprint density at radius 3 is 2.94 bits per heavy atom. The van der Waals surface area contributed by atoms with Crippen LogP contribution < -0.4 is 5.73 Å². The number of hydrogen-bond donors (Lipinski definition) is 1. The molecule has 0 aliphatic carbocycles. The lowest BCUT2D eigenvalue weighted by Gasteiger charge is -2.43. The normalized spacial score (nSPS) is 24.4. The van der Waals surface area contributed by atoms with Crippen LogP contribution in [0.15, 0.2) is 28.7 Å². The first-order valence-electron chi connectivity index (χ1n) is 6.40. The minimum Gasteiger partial charge on any atom is -0.379 e. The molecule has 0 aromatic heterocycles. The van der Waals surface area contributed by atoms with Crippen LogP contribution in [0.2, 0.25) is 0 Å². The molecule has 4 heteroatoms. The smallest absolute Gasteiger partial charge is 0.0662 e. The van der Waals surface area contributed by atoms with E-state index in [0.29, 0.717) is 6.54 Å². The van der Waals surface area contributed by atoms with E-state index in [1.807, 2.05) is 6.07 Å². The molecule has 1 saturated heterocycles. The van der Waals surface area contributed by atoms with Crippen molar-refractivity contribution >= 4 is 15.9 Å². The molecular formula is C14H21BrN2O. The zero-order valence-electron chi connectivity index (χ0n) is 10.9. The van der Waals surface area contributed by atoms with Gasteiger partial charge in [-0.05, 0) is 37.6 Å². The van der Waals surface area contributed by atoms with Crippen molar-refractivity contribution in [1.29, 1.82) is 0 Å². The lowest BCUT2D eigenvalue weighted by molar-refractivity contribution is -0.0374. The number of nitrogens with zero attached hydrogens (tertiary/aromatic N) is 1. The van der Waals surface area contributed by atoms with E-state index in [1.165, 1.54) is 5.56 Å². The van der Waals surface area contributed by atoms with Gasteiger partial charge in [0.1, 0.15) is 0 Å². The summed E-state index contributed by atoms with van der Waals surface area (Å²) in [5.41, 5.74) is 7.29. The summed E-state index contributed by atoms with van der Waals surface area (Å²) in [6.07, 6.45) is 2.22. The third-order valence-electron chi connectivity index (χ3n) is 3.80. The van der Waals surface area contributed by atoms with Gasteiger partial charge in [-0.2, -0.15) is 0 Å². The van der Waals surface area contributed by atoms with Crippen molar-refractivity contribution in [2.45, 2.75) is 24.9 Å². The van der Waals surface area contributed by atoms with Gasteiger partial charge in [-0.1, -0.05) is 28.1 Å². The van der Waals surface area contributed by atoms with E-state index in [-0.39, 0.29) is 5.54 Å². The molecule has 0 spiro atoms. The zero-order valence-corrected chi connectivity index (χ0v) is 12.4. The van der Waals surface area contributed by atoms with Crippen LogP contribution in [0.1, 0.15) is 18.4 Å². The zero-order chi connectivity index (χ0) is 13.0. The van der Waals surface area contributed by atoms with Gasteiger partial charge in [0.25, 0.3) is 0 Å². The minimum atomic E-state index is 0.000563. The van der Waals surface area contributed by atoms with Crippen LogP contribution in [0.5, 0.6) is 0 Å². The Hall–Kier alpha value is -0.420. The summed E-state index contributed by atoms with van der Waals surface area (Å²) in [5, 5.41) is 0. The SMILES string of the molecule is CN(Cc1cccc(Br)c1)C1(CN)CCCOC1. The highest BCUT2D eigenvalue weighted by Crippen LogP contribution is 2.26. The molecule has 0 radical (unpaired) electrons. The van der Waals surface area contributed by atoms with Crippen LogP contribution >= 0.6 is 15.9 Å². The third-order valence-corrected chi connectivity index (χ3v) is 4.29. The van der Waals surface area contributed by atoms with Crippen LogP contribution in [-0.4, -0.2) is 37.2 Å². The number of rotatable bonds is 4. The van der Waals surface area contributed by atoms with Gasteiger partial charge < -0.3 is 10.5 Å². The maximum atomic E-state index is 5.99. The molecule has 18 heavy (non-hydrogen) atoms. The maximum absolute atomic E-state index is 5.99. The highest BCUT2D eigenvalue weighted by molar-refractivity contribution is 9.10. The molecular weight excluding hydrogens is 292 g/mol. The quantitative estimate of drug-likeness (QED) is 0.927. The average Bonchev–Trinajstić information content (AvgIpc) is 2.39. The van der Waals surface area contributed by atoms with Gasteiger partial charge in [0.2, 0.25) is 0 Å². The van der Waals surface area contributed by atoms with Gasteiger partial charge in [-0.3, -0.25) is 4.90 Å². The largest absolute Gasteiger partial charge is 0.379 e. The van der Waals surface area contributed by atoms with Crippen molar-refractivity contribution in [2.75, 3.05) is 26.8 Å². The van der Waals surface area contributed by atoms with E-state index in [2.05, 4.69) is 46.1 Å². The maximum Gasteiger partial charge on any atom is 0.0662 e. The van der Waals surface area contributed by atoms with Crippen molar-refractivity contribution in [1.82, 2.24) is 4.90 Å². The standard InChI is InChI=1S/C14H21BrN2O/c1-17(9-12-4-2-5-13(15)8-12)14(10-16)6-3-7-18-11-14/h2,4-5,8H,3,6-7,9-11,16H2,1H3. The van der Waals surface area contributed by atoms with Crippen LogP contribution in [0.25, 0.3) is 0 Å². The predicted molar refractivity (Wildman–Crippen MR) is 77.4 cm³/mol. The molecule has 0 bridgehead atoms. The van der Waals surface area contributed by atoms with Crippen molar-refractivity contribution in [3.05, 3.63) is 34.3 Å². The molecule has 1 aromatic rings. The molecule has 0 saturated carbocycles. The molecule has 1 aliphatic rings. The van der Waals surface area contributed by atoms with Crippen LogP contribution in [0, 0.1) is 0 Å². The minimum absolute atomic E-state index is 0.000563. The Kier molecular flexibility index (Phi) is 4.78. The Balaban J connectivity index is 2.07. The second-order valence-electron chi connectivity index (χ2n) is 5.07. The summed E-state index contributed by atoms with van der Waals surface area (Å²) in [6, 6.07) is 8.42. The summed E-state index contributed by atoms with van der Waals surface area (Å²) < 4.78 is 6.75. The Bertz CT molecular complexity index is 391.